The Balaban J connectivity index is 2.93. The van der Waals surface area contributed by atoms with Gasteiger partial charge in [-0.15, -0.1) is 11.3 Å². The van der Waals surface area contributed by atoms with Crippen molar-refractivity contribution in [1.29, 1.82) is 0 Å². The Morgan fingerprint density at radius 2 is 2.50 bits per heavy atom. The van der Waals surface area contributed by atoms with Crippen LogP contribution in [-0.2, 0) is 5.11 Å². The third-order valence-electron chi connectivity index (χ3n) is 0.634. The van der Waals surface area contributed by atoms with Gasteiger partial charge in [0.2, 0.25) is 0 Å². The van der Waals surface area contributed by atoms with Crippen molar-refractivity contribution in [2.75, 3.05) is 0 Å². The maximum Gasteiger partial charge on any atom is 0.397 e. The molecule has 0 aromatic carbocycles. The van der Waals surface area contributed by atoms with Crippen LogP contribution < -0.4 is 0 Å². The zero-order chi connectivity index (χ0) is 5.98. The van der Waals surface area contributed by atoms with Gasteiger partial charge in [-0.05, 0) is 0 Å². The lowest BCUT2D eigenvalue weighted by molar-refractivity contribution is 0.0578. The fraction of sp³-hybridized carbons (Fsp3) is 0. The Morgan fingerprint density at radius 1 is 1.75 bits per heavy atom. The molecule has 0 atom stereocenters. The first-order valence-electron chi connectivity index (χ1n) is 1.90. The zero-order valence-corrected chi connectivity index (χ0v) is 4.64. The van der Waals surface area contributed by atoms with Gasteiger partial charge in [0.1, 0.15) is 4.88 Å². The molecule has 0 aliphatic carbocycles. The van der Waals surface area contributed by atoms with Crippen molar-refractivity contribution in [3.8, 4) is 0 Å². The molecule has 0 saturated heterocycles. The van der Waals surface area contributed by atoms with E-state index < -0.39 is 5.97 Å². The zero-order valence-electron chi connectivity index (χ0n) is 3.83. The van der Waals surface area contributed by atoms with Crippen molar-refractivity contribution >= 4 is 17.3 Å². The minimum atomic E-state index is -1.16. The largest absolute Gasteiger partial charge is 0.397 e. The van der Waals surface area contributed by atoms with Gasteiger partial charge in [-0.2, -0.15) is 0 Å². The first-order valence-corrected chi connectivity index (χ1v) is 2.78. The second-order valence-electron chi connectivity index (χ2n) is 1.15. The van der Waals surface area contributed by atoms with E-state index in [0.717, 1.165) is 11.3 Å². The van der Waals surface area contributed by atoms with E-state index in [1.165, 1.54) is 11.7 Å². The quantitative estimate of drug-likeness (QED) is 0.559. The van der Waals surface area contributed by atoms with Crippen molar-refractivity contribution in [3.63, 3.8) is 0 Å². The average molecular weight is 128 g/mol. The van der Waals surface area contributed by atoms with Crippen LogP contribution in [0.1, 0.15) is 9.67 Å². The molecule has 0 amide bonds. The lowest BCUT2D eigenvalue weighted by Crippen LogP contribution is -1.86. The fourth-order valence-corrected chi connectivity index (χ4v) is 0.770. The van der Waals surface area contributed by atoms with Gasteiger partial charge < -0.3 is 0 Å². The van der Waals surface area contributed by atoms with Gasteiger partial charge in [0.15, 0.2) is 0 Å². The molecule has 0 aliphatic heterocycles. The molecule has 1 aromatic rings. The van der Waals surface area contributed by atoms with Gasteiger partial charge in [-0.3, -0.25) is 4.98 Å². The van der Waals surface area contributed by atoms with Crippen LogP contribution in [0.25, 0.3) is 0 Å². The predicted molar refractivity (Wildman–Crippen MR) is 27.1 cm³/mol. The molecular weight excluding hydrogens is 126 g/mol. The van der Waals surface area contributed by atoms with E-state index >= 15 is 0 Å². The molecule has 1 heterocycles. The summed E-state index contributed by atoms with van der Waals surface area (Å²) in [5.41, 5.74) is 1.45. The molecule has 1 radical (unpaired) electrons. The Hall–Kier alpha value is -0.900. The maximum absolute atomic E-state index is 9.92. The van der Waals surface area contributed by atoms with Crippen LogP contribution in [0.5, 0.6) is 0 Å². The highest BCUT2D eigenvalue weighted by Crippen LogP contribution is 2.03. The van der Waals surface area contributed by atoms with Crippen LogP contribution >= 0.6 is 11.3 Å². The van der Waals surface area contributed by atoms with Gasteiger partial charge in [-0.25, -0.2) is 9.90 Å². The number of nitrogens with zero attached hydrogens (tertiary/aromatic N) is 1. The second-order valence-corrected chi connectivity index (χ2v) is 2.04. The average Bonchev–Trinajstić information content (AvgIpc) is 2.12. The lowest BCUT2D eigenvalue weighted by atomic mass is 10.6. The molecule has 0 saturated carbocycles. The third kappa shape index (κ3) is 0.840. The van der Waals surface area contributed by atoms with Gasteiger partial charge >= 0.3 is 5.97 Å². The minimum Gasteiger partial charge on any atom is -0.252 e. The number of aromatic nitrogens is 1. The molecule has 0 unspecified atom stereocenters. The van der Waals surface area contributed by atoms with Gasteiger partial charge in [0.05, 0.1) is 11.7 Å². The van der Waals surface area contributed by atoms with Crippen molar-refractivity contribution in [1.82, 2.24) is 4.98 Å². The minimum absolute atomic E-state index is 0.171. The molecule has 3 nitrogen and oxygen atoms in total. The summed E-state index contributed by atoms with van der Waals surface area (Å²) >= 11 is 1.06. The summed E-state index contributed by atoms with van der Waals surface area (Å²) in [6.45, 7) is 0. The van der Waals surface area contributed by atoms with E-state index in [0.29, 0.717) is 0 Å². The monoisotopic (exact) mass is 128 g/mol. The van der Waals surface area contributed by atoms with E-state index in [1.807, 2.05) is 0 Å². The summed E-state index contributed by atoms with van der Waals surface area (Å²) in [7, 11) is 0. The summed E-state index contributed by atoms with van der Waals surface area (Å²) in [6, 6.07) is 0. The highest BCUT2D eigenvalue weighted by molar-refractivity contribution is 7.11. The molecule has 0 bridgehead atoms. The third-order valence-corrected chi connectivity index (χ3v) is 1.39. The van der Waals surface area contributed by atoms with E-state index in [-0.39, 0.29) is 4.88 Å². The molecule has 0 fully saturated rings. The number of rotatable bonds is 1. The summed E-state index contributed by atoms with van der Waals surface area (Å²) in [6.07, 6.45) is 1.26. The molecule has 8 heavy (non-hydrogen) atoms. The predicted octanol–water partition coefficient (Wildman–Crippen LogP) is 0.714. The van der Waals surface area contributed by atoms with Gasteiger partial charge in [0.25, 0.3) is 0 Å². The second kappa shape index (κ2) is 1.92. The van der Waals surface area contributed by atoms with Gasteiger partial charge in [0, 0.05) is 0 Å². The normalized spacial score (nSPS) is 9.00. The van der Waals surface area contributed by atoms with Crippen LogP contribution in [0, 0.1) is 0 Å². The highest BCUT2D eigenvalue weighted by Gasteiger charge is 2.03. The number of carbonyl (C=O) groups is 1. The molecule has 0 N–H and O–H groups in total. The van der Waals surface area contributed by atoms with Gasteiger partial charge in [-0.1, -0.05) is 0 Å². The smallest absolute Gasteiger partial charge is 0.252 e. The van der Waals surface area contributed by atoms with Crippen molar-refractivity contribution in [2.24, 2.45) is 0 Å². The van der Waals surface area contributed by atoms with E-state index in [4.69, 9.17) is 0 Å². The Bertz CT molecular complexity index is 182. The SMILES string of the molecule is [O]C(=O)c1cncs1. The molecule has 1 rings (SSSR count). The lowest BCUT2D eigenvalue weighted by Gasteiger charge is -1.72. The number of thiazole rings is 1. The number of hydrogen-bond donors (Lipinski definition) is 0. The molecule has 0 aliphatic rings. The fourth-order valence-electron chi connectivity index (χ4n) is 0.317. The molecule has 4 heteroatoms. The van der Waals surface area contributed by atoms with Crippen molar-refractivity contribution in [2.45, 2.75) is 0 Å². The van der Waals surface area contributed by atoms with Crippen molar-refractivity contribution in [3.05, 3.63) is 16.6 Å². The summed E-state index contributed by atoms with van der Waals surface area (Å²) in [5.74, 6) is -1.16. The Kier molecular flexibility index (Phi) is 1.26. The molecular formula is C4H2NO2S. The maximum atomic E-state index is 9.92. The Labute approximate surface area is 49.6 Å². The van der Waals surface area contributed by atoms with E-state index in [2.05, 4.69) is 4.98 Å². The van der Waals surface area contributed by atoms with E-state index in [9.17, 15) is 9.90 Å². The van der Waals surface area contributed by atoms with Crippen LogP contribution in [0.4, 0.5) is 0 Å². The van der Waals surface area contributed by atoms with E-state index in [1.54, 1.807) is 0 Å². The first-order chi connectivity index (χ1) is 3.80. The highest BCUT2D eigenvalue weighted by atomic mass is 32.1. The first kappa shape index (κ1) is 5.24. The van der Waals surface area contributed by atoms with Crippen LogP contribution in [0.3, 0.4) is 0 Å². The number of carbonyl (C=O) groups excluding carboxylic acids is 1. The summed E-state index contributed by atoms with van der Waals surface area (Å²) in [4.78, 5) is 13.6. The van der Waals surface area contributed by atoms with Crippen LogP contribution in [0.15, 0.2) is 11.7 Å². The van der Waals surface area contributed by atoms with Crippen LogP contribution in [0.2, 0.25) is 0 Å². The Morgan fingerprint density at radius 3 is 2.75 bits per heavy atom. The molecule has 0 spiro atoms. The molecule has 1 aromatic heterocycles. The number of hydrogen-bond acceptors (Lipinski definition) is 3. The summed E-state index contributed by atoms with van der Waals surface area (Å²) in [5, 5.41) is 9.92. The van der Waals surface area contributed by atoms with Crippen LogP contribution in [-0.4, -0.2) is 11.0 Å². The molecule has 41 valence electrons. The summed E-state index contributed by atoms with van der Waals surface area (Å²) < 4.78 is 0. The standard InChI is InChI=1S/C4H2NO2S/c6-4(7)3-1-5-2-8-3/h1-2H. The topological polar surface area (TPSA) is 49.9 Å². The van der Waals surface area contributed by atoms with Crippen molar-refractivity contribution < 1.29 is 9.90 Å².